The maximum Gasteiger partial charge on any atom is 0.334 e. The largest absolute Gasteiger partial charge is 0.479 e. The van der Waals surface area contributed by atoms with Gasteiger partial charge in [-0.2, -0.15) is 0 Å². The van der Waals surface area contributed by atoms with Gasteiger partial charge in [0.15, 0.2) is 6.10 Å². The minimum Gasteiger partial charge on any atom is -0.479 e. The van der Waals surface area contributed by atoms with Crippen molar-refractivity contribution in [3.05, 3.63) is 0 Å². The number of carbonyl (C=O) groups is 2. The Morgan fingerprint density at radius 3 is 2.42 bits per heavy atom. The first kappa shape index (κ1) is 15.8. The molecule has 0 bridgehead atoms. The molecule has 6 nitrogen and oxygen atoms in total. The maximum atomic E-state index is 11.5. The van der Waals surface area contributed by atoms with Crippen molar-refractivity contribution in [2.24, 2.45) is 5.92 Å². The van der Waals surface area contributed by atoms with E-state index in [1.165, 1.54) is 12.8 Å². The Kier molecular flexibility index (Phi) is 6.62. The van der Waals surface area contributed by atoms with E-state index < -0.39 is 18.1 Å². The molecule has 0 aromatic rings. The molecule has 0 spiro atoms. The van der Waals surface area contributed by atoms with Gasteiger partial charge in [-0.15, -0.1) is 0 Å². The van der Waals surface area contributed by atoms with E-state index in [-0.39, 0.29) is 12.6 Å². The van der Waals surface area contributed by atoms with Crippen LogP contribution in [-0.4, -0.2) is 40.9 Å². The van der Waals surface area contributed by atoms with Crippen molar-refractivity contribution in [2.45, 2.75) is 57.6 Å². The monoisotopic (exact) mass is 272 g/mol. The van der Waals surface area contributed by atoms with Gasteiger partial charge in [-0.3, -0.25) is 0 Å². The zero-order valence-electron chi connectivity index (χ0n) is 11.4. The Morgan fingerprint density at radius 1 is 1.26 bits per heavy atom. The van der Waals surface area contributed by atoms with Crippen LogP contribution in [0.4, 0.5) is 4.79 Å². The molecule has 1 saturated carbocycles. The average Bonchev–Trinajstić information content (AvgIpc) is 2.38. The lowest BCUT2D eigenvalue weighted by Gasteiger charge is -2.29. The number of aliphatic carboxylic acids is 1. The molecule has 19 heavy (non-hydrogen) atoms. The van der Waals surface area contributed by atoms with E-state index in [4.69, 9.17) is 10.2 Å². The normalized spacial score (nSPS) is 24.5. The molecule has 0 saturated heterocycles. The molecular formula is C13H24N2O4. The number of amides is 2. The van der Waals surface area contributed by atoms with Gasteiger partial charge in [0.05, 0.1) is 6.54 Å². The quantitative estimate of drug-likeness (QED) is 0.581. The molecule has 0 aliphatic heterocycles. The second kappa shape index (κ2) is 7.99. The van der Waals surface area contributed by atoms with Crippen LogP contribution < -0.4 is 10.6 Å². The lowest BCUT2D eigenvalue weighted by atomic mass is 9.83. The average molecular weight is 272 g/mol. The van der Waals surface area contributed by atoms with Crippen LogP contribution in [0.25, 0.3) is 0 Å². The summed E-state index contributed by atoms with van der Waals surface area (Å²) < 4.78 is 0. The van der Waals surface area contributed by atoms with E-state index in [0.717, 1.165) is 31.6 Å². The summed E-state index contributed by atoms with van der Waals surface area (Å²) in [6, 6.07) is -0.241. The number of carboxylic acid groups (broad SMARTS) is 1. The highest BCUT2D eigenvalue weighted by atomic mass is 16.4. The molecule has 1 unspecified atom stereocenters. The molecule has 1 aliphatic carbocycles. The molecule has 1 aliphatic rings. The predicted molar refractivity (Wildman–Crippen MR) is 70.8 cm³/mol. The van der Waals surface area contributed by atoms with Gasteiger partial charge in [0.25, 0.3) is 0 Å². The van der Waals surface area contributed by atoms with Gasteiger partial charge in [-0.25, -0.2) is 9.59 Å². The third-order valence-electron chi connectivity index (χ3n) is 3.62. The molecule has 1 atom stereocenters. The predicted octanol–water partition coefficient (Wildman–Crippen LogP) is 1.09. The molecule has 2 amide bonds. The standard InChI is InChI=1S/C13H24N2O4/c1-2-3-9-4-6-10(7-5-9)15-13(19)14-8-11(16)12(17)18/h9-11,16H,2-8H2,1H3,(H,17,18)(H2,14,15,19). The number of aliphatic hydroxyl groups is 1. The number of carbonyl (C=O) groups excluding carboxylic acids is 1. The van der Waals surface area contributed by atoms with Crippen LogP contribution in [0.1, 0.15) is 45.4 Å². The molecular weight excluding hydrogens is 248 g/mol. The molecule has 6 heteroatoms. The van der Waals surface area contributed by atoms with E-state index >= 15 is 0 Å². The topological polar surface area (TPSA) is 98.7 Å². The number of urea groups is 1. The molecule has 110 valence electrons. The van der Waals surface area contributed by atoms with Gasteiger partial charge < -0.3 is 20.8 Å². The third-order valence-corrected chi connectivity index (χ3v) is 3.62. The Morgan fingerprint density at radius 2 is 1.89 bits per heavy atom. The van der Waals surface area contributed by atoms with E-state index in [0.29, 0.717) is 0 Å². The molecule has 0 heterocycles. The minimum absolute atomic E-state index is 0.162. The van der Waals surface area contributed by atoms with Crippen LogP contribution in [0, 0.1) is 5.92 Å². The van der Waals surface area contributed by atoms with E-state index in [1.807, 2.05) is 0 Å². The Balaban J connectivity index is 2.18. The van der Waals surface area contributed by atoms with Crippen molar-refractivity contribution >= 4 is 12.0 Å². The minimum atomic E-state index is -1.55. The SMILES string of the molecule is CCCC1CCC(NC(=O)NCC(O)C(=O)O)CC1. The van der Waals surface area contributed by atoms with Gasteiger partial charge in [0.2, 0.25) is 0 Å². The summed E-state index contributed by atoms with van der Waals surface area (Å²) >= 11 is 0. The fourth-order valence-corrected chi connectivity index (χ4v) is 2.52. The summed E-state index contributed by atoms with van der Waals surface area (Å²) in [7, 11) is 0. The number of aliphatic hydroxyl groups excluding tert-OH is 1. The zero-order valence-corrected chi connectivity index (χ0v) is 11.4. The van der Waals surface area contributed by atoms with Gasteiger partial charge in [-0.05, 0) is 31.6 Å². The highest BCUT2D eigenvalue weighted by Crippen LogP contribution is 2.27. The number of nitrogens with one attached hydrogen (secondary N) is 2. The van der Waals surface area contributed by atoms with Crippen molar-refractivity contribution < 1.29 is 19.8 Å². The summed E-state index contributed by atoms with van der Waals surface area (Å²) in [6.07, 6.45) is 5.12. The van der Waals surface area contributed by atoms with Crippen molar-refractivity contribution in [3.63, 3.8) is 0 Å². The highest BCUT2D eigenvalue weighted by Gasteiger charge is 2.22. The first-order valence-electron chi connectivity index (χ1n) is 6.98. The molecule has 1 fully saturated rings. The van der Waals surface area contributed by atoms with E-state index in [2.05, 4.69) is 17.6 Å². The molecule has 0 aromatic heterocycles. The lowest BCUT2D eigenvalue weighted by molar-refractivity contribution is -0.146. The van der Waals surface area contributed by atoms with Crippen LogP contribution in [0.2, 0.25) is 0 Å². The first-order chi connectivity index (χ1) is 9.02. The van der Waals surface area contributed by atoms with Gasteiger partial charge >= 0.3 is 12.0 Å². The van der Waals surface area contributed by atoms with Crippen molar-refractivity contribution in [1.29, 1.82) is 0 Å². The zero-order chi connectivity index (χ0) is 14.3. The van der Waals surface area contributed by atoms with Crippen molar-refractivity contribution in [3.8, 4) is 0 Å². The molecule has 0 radical (unpaired) electrons. The van der Waals surface area contributed by atoms with Gasteiger partial charge in [0.1, 0.15) is 0 Å². The summed E-state index contributed by atoms with van der Waals surface area (Å²) in [4.78, 5) is 21.9. The summed E-state index contributed by atoms with van der Waals surface area (Å²) in [6.45, 7) is 1.91. The van der Waals surface area contributed by atoms with E-state index in [9.17, 15) is 9.59 Å². The highest BCUT2D eigenvalue weighted by molar-refractivity contribution is 5.76. The third kappa shape index (κ3) is 5.92. The second-order valence-electron chi connectivity index (χ2n) is 5.21. The van der Waals surface area contributed by atoms with Crippen LogP contribution in [0.5, 0.6) is 0 Å². The van der Waals surface area contributed by atoms with Crippen molar-refractivity contribution in [2.75, 3.05) is 6.54 Å². The molecule has 4 N–H and O–H groups in total. The van der Waals surface area contributed by atoms with E-state index in [1.54, 1.807) is 0 Å². The second-order valence-corrected chi connectivity index (χ2v) is 5.21. The summed E-state index contributed by atoms with van der Waals surface area (Å²) in [5.41, 5.74) is 0. The van der Waals surface area contributed by atoms with Gasteiger partial charge in [0, 0.05) is 6.04 Å². The number of hydrogen-bond acceptors (Lipinski definition) is 3. The summed E-state index contributed by atoms with van der Waals surface area (Å²) in [5.74, 6) is -0.555. The number of carboxylic acids is 1. The fraction of sp³-hybridized carbons (Fsp3) is 0.846. The summed E-state index contributed by atoms with van der Waals surface area (Å²) in [5, 5.41) is 22.7. The van der Waals surface area contributed by atoms with Crippen LogP contribution in [0.3, 0.4) is 0 Å². The van der Waals surface area contributed by atoms with Crippen LogP contribution in [-0.2, 0) is 4.79 Å². The number of hydrogen-bond donors (Lipinski definition) is 4. The Bertz CT molecular complexity index is 301. The lowest BCUT2D eigenvalue weighted by Crippen LogP contribution is -2.46. The van der Waals surface area contributed by atoms with Gasteiger partial charge in [-0.1, -0.05) is 19.8 Å². The Labute approximate surface area is 113 Å². The molecule has 0 aromatic carbocycles. The maximum absolute atomic E-state index is 11.5. The van der Waals surface area contributed by atoms with Crippen LogP contribution in [0.15, 0.2) is 0 Å². The first-order valence-corrected chi connectivity index (χ1v) is 6.98. The fourth-order valence-electron chi connectivity index (χ4n) is 2.52. The van der Waals surface area contributed by atoms with Crippen LogP contribution >= 0.6 is 0 Å². The smallest absolute Gasteiger partial charge is 0.334 e. The van der Waals surface area contributed by atoms with Crippen molar-refractivity contribution in [1.82, 2.24) is 10.6 Å². The molecule has 1 rings (SSSR count). The number of rotatable bonds is 6. The Hall–Kier alpha value is -1.30.